The van der Waals surface area contributed by atoms with Gasteiger partial charge in [-0.3, -0.25) is 4.79 Å². The van der Waals surface area contributed by atoms with Crippen LogP contribution >= 0.6 is 34.8 Å². The summed E-state index contributed by atoms with van der Waals surface area (Å²) in [6, 6.07) is 5.28. The van der Waals surface area contributed by atoms with Crippen molar-refractivity contribution in [3.8, 4) is 0 Å². The van der Waals surface area contributed by atoms with E-state index in [0.29, 0.717) is 11.4 Å². The molecule has 2 rings (SSSR count). The van der Waals surface area contributed by atoms with E-state index in [1.807, 2.05) is 6.92 Å². The van der Waals surface area contributed by atoms with Gasteiger partial charge in [0.05, 0.1) is 5.92 Å². The first-order chi connectivity index (χ1) is 7.40. The van der Waals surface area contributed by atoms with E-state index in [2.05, 4.69) is 5.32 Å². The number of carbonyl (C=O) groups is 1. The molecule has 0 bridgehead atoms. The highest BCUT2D eigenvalue weighted by molar-refractivity contribution is 6.52. The van der Waals surface area contributed by atoms with Crippen LogP contribution in [0.25, 0.3) is 0 Å². The lowest BCUT2D eigenvalue weighted by Gasteiger charge is -2.08. The Morgan fingerprint density at radius 2 is 2.12 bits per heavy atom. The summed E-state index contributed by atoms with van der Waals surface area (Å²) >= 11 is 17.5. The number of benzene rings is 1. The first kappa shape index (κ1) is 12.0. The van der Waals surface area contributed by atoms with Crippen LogP contribution in [0.15, 0.2) is 18.2 Å². The van der Waals surface area contributed by atoms with E-state index in [1.165, 1.54) is 0 Å². The van der Waals surface area contributed by atoms with Gasteiger partial charge in [-0.2, -0.15) is 0 Å². The van der Waals surface area contributed by atoms with Gasteiger partial charge in [0, 0.05) is 10.7 Å². The quantitative estimate of drug-likeness (QED) is 0.820. The number of alkyl halides is 2. The Hall–Kier alpha value is -0.440. The minimum absolute atomic E-state index is 0.143. The van der Waals surface area contributed by atoms with Gasteiger partial charge >= 0.3 is 0 Å². The molecule has 1 aromatic rings. The second kappa shape index (κ2) is 4.10. The molecule has 1 atom stereocenters. The van der Waals surface area contributed by atoms with Crippen molar-refractivity contribution in [3.05, 3.63) is 28.8 Å². The van der Waals surface area contributed by atoms with Crippen LogP contribution in [0, 0.1) is 12.8 Å². The molecule has 0 heterocycles. The Morgan fingerprint density at radius 3 is 2.62 bits per heavy atom. The van der Waals surface area contributed by atoms with Gasteiger partial charge in [0.15, 0.2) is 0 Å². The average Bonchev–Trinajstić information content (AvgIpc) is 2.80. The lowest BCUT2D eigenvalue weighted by molar-refractivity contribution is -0.117. The summed E-state index contributed by atoms with van der Waals surface area (Å²) in [6.07, 6.45) is 0.509. The fourth-order valence-electron chi connectivity index (χ4n) is 1.48. The molecular formula is C11H10Cl3NO. The first-order valence-electron chi connectivity index (χ1n) is 4.85. The monoisotopic (exact) mass is 277 g/mol. The molecule has 1 amide bonds. The predicted molar refractivity (Wildman–Crippen MR) is 67.4 cm³/mol. The molecule has 1 aromatic carbocycles. The number of hydrogen-bond acceptors (Lipinski definition) is 1. The molecule has 1 fully saturated rings. The molecule has 1 N–H and O–H groups in total. The van der Waals surface area contributed by atoms with Gasteiger partial charge in [-0.1, -0.05) is 11.6 Å². The van der Waals surface area contributed by atoms with Crippen LogP contribution in [0.2, 0.25) is 5.02 Å². The van der Waals surface area contributed by atoms with Crippen LogP contribution in [0.4, 0.5) is 5.69 Å². The molecule has 1 saturated carbocycles. The third-order valence-corrected chi connectivity index (χ3v) is 3.66. The van der Waals surface area contributed by atoms with E-state index in [4.69, 9.17) is 34.8 Å². The Kier molecular flexibility index (Phi) is 3.08. The second-order valence-electron chi connectivity index (χ2n) is 3.97. The Labute approximate surface area is 109 Å². The summed E-state index contributed by atoms with van der Waals surface area (Å²) in [4.78, 5) is 11.7. The maximum absolute atomic E-state index is 11.7. The average molecular weight is 279 g/mol. The van der Waals surface area contributed by atoms with Crippen molar-refractivity contribution < 1.29 is 4.79 Å². The molecule has 0 aromatic heterocycles. The zero-order valence-corrected chi connectivity index (χ0v) is 10.8. The molecule has 1 aliphatic rings. The van der Waals surface area contributed by atoms with Crippen molar-refractivity contribution in [2.24, 2.45) is 5.92 Å². The fraction of sp³-hybridized carbons (Fsp3) is 0.364. The lowest BCUT2D eigenvalue weighted by atomic mass is 10.2. The van der Waals surface area contributed by atoms with E-state index >= 15 is 0 Å². The zero-order chi connectivity index (χ0) is 11.9. The first-order valence-corrected chi connectivity index (χ1v) is 5.98. The predicted octanol–water partition coefficient (Wildman–Crippen LogP) is 3.78. The molecule has 5 heteroatoms. The van der Waals surface area contributed by atoms with Gasteiger partial charge in [-0.15, -0.1) is 23.2 Å². The van der Waals surface area contributed by atoms with E-state index in [1.54, 1.807) is 18.2 Å². The maximum Gasteiger partial charge on any atom is 0.230 e. The number of aryl methyl sites for hydroxylation is 1. The number of halogens is 3. The van der Waals surface area contributed by atoms with Crippen LogP contribution in [0.5, 0.6) is 0 Å². The summed E-state index contributed by atoms with van der Waals surface area (Å²) < 4.78 is -0.885. The second-order valence-corrected chi connectivity index (χ2v) is 5.95. The Balaban J connectivity index is 2.07. The zero-order valence-electron chi connectivity index (χ0n) is 8.56. The van der Waals surface area contributed by atoms with Crippen LogP contribution in [-0.2, 0) is 4.79 Å². The standard InChI is InChI=1S/C11H10Cl3NO/c1-6-4-7(12)2-3-9(6)15-10(16)8-5-11(8,13)14/h2-4,8H,5H2,1H3,(H,15,16)/t8-/m1/s1. The van der Waals surface area contributed by atoms with Crippen LogP contribution in [-0.4, -0.2) is 10.2 Å². The lowest BCUT2D eigenvalue weighted by Crippen LogP contribution is -2.17. The third kappa shape index (κ3) is 2.45. The van der Waals surface area contributed by atoms with Gasteiger partial charge in [0.2, 0.25) is 5.91 Å². The molecule has 0 unspecified atom stereocenters. The molecule has 2 nitrogen and oxygen atoms in total. The molecule has 0 radical (unpaired) electrons. The van der Waals surface area contributed by atoms with Crippen molar-refractivity contribution in [1.29, 1.82) is 0 Å². The summed E-state index contributed by atoms with van der Waals surface area (Å²) in [5.41, 5.74) is 1.65. The molecule has 86 valence electrons. The summed E-state index contributed by atoms with van der Waals surface area (Å²) in [7, 11) is 0. The number of carbonyl (C=O) groups excluding carboxylic acids is 1. The van der Waals surface area contributed by atoms with Crippen molar-refractivity contribution in [1.82, 2.24) is 0 Å². The van der Waals surface area contributed by atoms with Gasteiger partial charge < -0.3 is 5.32 Å². The number of nitrogens with one attached hydrogen (secondary N) is 1. The highest BCUT2D eigenvalue weighted by Crippen LogP contribution is 2.53. The van der Waals surface area contributed by atoms with Crippen molar-refractivity contribution in [2.75, 3.05) is 5.32 Å². The molecular weight excluding hydrogens is 268 g/mol. The van der Waals surface area contributed by atoms with Crippen molar-refractivity contribution in [3.63, 3.8) is 0 Å². The molecule has 0 spiro atoms. The van der Waals surface area contributed by atoms with E-state index < -0.39 is 4.33 Å². The van der Waals surface area contributed by atoms with Crippen molar-refractivity contribution >= 4 is 46.4 Å². The molecule has 1 aliphatic carbocycles. The SMILES string of the molecule is Cc1cc(Cl)ccc1NC(=O)[C@H]1CC1(Cl)Cl. The van der Waals surface area contributed by atoms with Crippen LogP contribution < -0.4 is 5.32 Å². The number of amides is 1. The van der Waals surface area contributed by atoms with Gasteiger partial charge in [0.25, 0.3) is 0 Å². The molecule has 0 saturated heterocycles. The molecule has 0 aliphatic heterocycles. The molecule has 16 heavy (non-hydrogen) atoms. The number of rotatable bonds is 2. The van der Waals surface area contributed by atoms with Crippen LogP contribution in [0.3, 0.4) is 0 Å². The largest absolute Gasteiger partial charge is 0.326 e. The minimum atomic E-state index is -0.885. The van der Waals surface area contributed by atoms with Gasteiger partial charge in [-0.05, 0) is 37.1 Å². The minimum Gasteiger partial charge on any atom is -0.326 e. The Morgan fingerprint density at radius 1 is 1.50 bits per heavy atom. The maximum atomic E-state index is 11.7. The van der Waals surface area contributed by atoms with Gasteiger partial charge in [-0.25, -0.2) is 0 Å². The van der Waals surface area contributed by atoms with Crippen molar-refractivity contribution in [2.45, 2.75) is 17.7 Å². The number of hydrogen-bond donors (Lipinski definition) is 1. The number of anilines is 1. The van der Waals surface area contributed by atoms with E-state index in [-0.39, 0.29) is 11.8 Å². The van der Waals surface area contributed by atoms with Crippen LogP contribution in [0.1, 0.15) is 12.0 Å². The smallest absolute Gasteiger partial charge is 0.230 e. The summed E-state index contributed by atoms with van der Waals surface area (Å²) in [5.74, 6) is -0.457. The highest BCUT2D eigenvalue weighted by Gasteiger charge is 2.56. The summed E-state index contributed by atoms with van der Waals surface area (Å²) in [5, 5.41) is 3.43. The Bertz CT molecular complexity index is 445. The topological polar surface area (TPSA) is 29.1 Å². The normalized spacial score (nSPS) is 21.6. The van der Waals surface area contributed by atoms with Gasteiger partial charge in [0.1, 0.15) is 4.33 Å². The summed E-state index contributed by atoms with van der Waals surface area (Å²) in [6.45, 7) is 1.88. The van der Waals surface area contributed by atoms with E-state index in [0.717, 1.165) is 11.3 Å². The van der Waals surface area contributed by atoms with E-state index in [9.17, 15) is 4.79 Å². The third-order valence-electron chi connectivity index (χ3n) is 2.59. The fourth-order valence-corrected chi connectivity index (χ4v) is 2.22. The highest BCUT2D eigenvalue weighted by atomic mass is 35.5.